The summed E-state index contributed by atoms with van der Waals surface area (Å²) in [7, 11) is 0. The van der Waals surface area contributed by atoms with Gasteiger partial charge in [-0.1, -0.05) is 140 Å². The minimum Gasteiger partial charge on any atom is -0.456 e. The van der Waals surface area contributed by atoms with Crippen LogP contribution < -0.4 is 0 Å². The van der Waals surface area contributed by atoms with Crippen molar-refractivity contribution in [2.75, 3.05) is 0 Å². The Labute approximate surface area is 292 Å². The van der Waals surface area contributed by atoms with Crippen LogP contribution in [0.3, 0.4) is 0 Å². The molecule has 0 unspecified atom stereocenters. The van der Waals surface area contributed by atoms with Crippen molar-refractivity contribution >= 4 is 53.6 Å². The third-order valence-corrected chi connectivity index (χ3v) is 10.6. The highest BCUT2D eigenvalue weighted by atomic mass is 32.1. The van der Waals surface area contributed by atoms with Crippen molar-refractivity contribution < 1.29 is 4.42 Å². The van der Waals surface area contributed by atoms with Crippen LogP contribution in [0.2, 0.25) is 0 Å². The van der Waals surface area contributed by atoms with Gasteiger partial charge in [0.25, 0.3) is 0 Å². The molecule has 234 valence electrons. The molecule has 0 aliphatic carbocycles. The summed E-state index contributed by atoms with van der Waals surface area (Å²) in [5, 5.41) is 4.36. The van der Waals surface area contributed by atoms with Gasteiger partial charge in [0.1, 0.15) is 16.0 Å². The second-order valence-electron chi connectivity index (χ2n) is 12.6. The fraction of sp³-hybridized carbons (Fsp3) is 0. The van der Waals surface area contributed by atoms with Crippen molar-refractivity contribution in [3.8, 4) is 56.0 Å². The van der Waals surface area contributed by atoms with E-state index in [1.165, 1.54) is 32.3 Å². The zero-order valence-corrected chi connectivity index (χ0v) is 27.7. The van der Waals surface area contributed by atoms with Gasteiger partial charge < -0.3 is 4.42 Å². The Kier molecular flexibility index (Phi) is 6.68. The molecule has 0 spiro atoms. The molecule has 0 saturated carbocycles. The molecule has 0 aliphatic rings. The first kappa shape index (κ1) is 28.6. The topological polar surface area (TPSA) is 38.9 Å². The maximum absolute atomic E-state index is 6.24. The molecule has 0 bridgehead atoms. The first-order chi connectivity index (χ1) is 24.8. The Morgan fingerprint density at radius 2 is 0.960 bits per heavy atom. The number of aromatic nitrogens is 2. The normalized spacial score (nSPS) is 11.6. The third-order valence-electron chi connectivity index (χ3n) is 9.54. The van der Waals surface area contributed by atoms with E-state index < -0.39 is 0 Å². The highest BCUT2D eigenvalue weighted by molar-refractivity contribution is 7.25. The van der Waals surface area contributed by atoms with Crippen LogP contribution in [0.25, 0.3) is 98.3 Å². The molecule has 3 heterocycles. The van der Waals surface area contributed by atoms with E-state index in [1.54, 1.807) is 11.3 Å². The molecular formula is C46H28N2OS. The fourth-order valence-corrected chi connectivity index (χ4v) is 8.20. The number of fused-ring (bicyclic) bond motifs is 6. The van der Waals surface area contributed by atoms with E-state index in [0.29, 0.717) is 5.82 Å². The van der Waals surface area contributed by atoms with Gasteiger partial charge in [-0.25, -0.2) is 9.97 Å². The highest BCUT2D eigenvalue weighted by Gasteiger charge is 2.20. The molecule has 0 atom stereocenters. The molecule has 4 heteroatoms. The van der Waals surface area contributed by atoms with Crippen LogP contribution in [0.4, 0.5) is 0 Å². The van der Waals surface area contributed by atoms with Crippen LogP contribution in [0.15, 0.2) is 174 Å². The quantitative estimate of drug-likeness (QED) is 0.185. The molecule has 0 amide bonds. The van der Waals surface area contributed by atoms with Crippen LogP contribution in [0, 0.1) is 0 Å². The van der Waals surface area contributed by atoms with E-state index in [9.17, 15) is 0 Å². The maximum Gasteiger partial charge on any atom is 0.162 e. The number of nitrogens with zero attached hydrogens (tertiary/aromatic N) is 2. The molecule has 50 heavy (non-hydrogen) atoms. The van der Waals surface area contributed by atoms with Crippen molar-refractivity contribution in [3.63, 3.8) is 0 Å². The number of hydrogen-bond acceptors (Lipinski definition) is 4. The lowest BCUT2D eigenvalue weighted by Crippen LogP contribution is -1.94. The van der Waals surface area contributed by atoms with Crippen LogP contribution in [-0.4, -0.2) is 9.97 Å². The average Bonchev–Trinajstić information content (AvgIpc) is 3.77. The number of benzene rings is 7. The smallest absolute Gasteiger partial charge is 0.162 e. The molecule has 0 N–H and O–H groups in total. The van der Waals surface area contributed by atoms with E-state index in [2.05, 4.69) is 146 Å². The maximum atomic E-state index is 6.24. The summed E-state index contributed by atoms with van der Waals surface area (Å²) in [6.45, 7) is 0. The van der Waals surface area contributed by atoms with Crippen molar-refractivity contribution in [3.05, 3.63) is 170 Å². The van der Waals surface area contributed by atoms with Gasteiger partial charge in [0.05, 0.1) is 5.69 Å². The van der Waals surface area contributed by atoms with E-state index in [1.807, 2.05) is 24.3 Å². The van der Waals surface area contributed by atoms with E-state index >= 15 is 0 Å². The average molecular weight is 657 g/mol. The first-order valence-corrected chi connectivity index (χ1v) is 17.6. The van der Waals surface area contributed by atoms with Crippen LogP contribution in [0.5, 0.6) is 0 Å². The number of rotatable bonds is 5. The van der Waals surface area contributed by atoms with Gasteiger partial charge >= 0.3 is 0 Å². The second kappa shape index (κ2) is 11.7. The minimum atomic E-state index is 0.697. The zero-order valence-electron chi connectivity index (χ0n) is 26.9. The summed E-state index contributed by atoms with van der Waals surface area (Å²) in [5.41, 5.74) is 11.8. The summed E-state index contributed by atoms with van der Waals surface area (Å²) in [6.07, 6.45) is 0. The van der Waals surface area contributed by atoms with Gasteiger partial charge in [-0.2, -0.15) is 0 Å². The molecule has 3 aromatic heterocycles. The van der Waals surface area contributed by atoms with Gasteiger partial charge in [-0.15, -0.1) is 11.3 Å². The molecule has 0 fully saturated rings. The predicted molar refractivity (Wildman–Crippen MR) is 209 cm³/mol. The minimum absolute atomic E-state index is 0.697. The van der Waals surface area contributed by atoms with Crippen LogP contribution in [-0.2, 0) is 0 Å². The van der Waals surface area contributed by atoms with Crippen molar-refractivity contribution in [1.82, 2.24) is 9.97 Å². The summed E-state index contributed by atoms with van der Waals surface area (Å²) < 4.78 is 7.44. The fourth-order valence-electron chi connectivity index (χ4n) is 7.12. The lowest BCUT2D eigenvalue weighted by molar-refractivity contribution is 0.669. The number of furan rings is 1. The summed E-state index contributed by atoms with van der Waals surface area (Å²) in [4.78, 5) is 11.6. The number of hydrogen-bond donors (Lipinski definition) is 0. The Morgan fingerprint density at radius 3 is 1.76 bits per heavy atom. The lowest BCUT2D eigenvalue weighted by atomic mass is 9.95. The SMILES string of the molecule is c1ccc(-c2ccc(-c3cccc(-c4cccc(-c5nc(-c6cccc7oc8ccccc8c67)nc6sc7ccccc7c56)c4)c3)cc2)cc1. The molecule has 7 aromatic carbocycles. The van der Waals surface area contributed by atoms with E-state index in [4.69, 9.17) is 14.4 Å². The molecule has 0 saturated heterocycles. The summed E-state index contributed by atoms with van der Waals surface area (Å²) in [6, 6.07) is 59.8. The Balaban J connectivity index is 1.11. The molecule has 10 rings (SSSR count). The van der Waals surface area contributed by atoms with Crippen molar-refractivity contribution in [2.24, 2.45) is 0 Å². The molecular weight excluding hydrogens is 629 g/mol. The van der Waals surface area contributed by atoms with Crippen LogP contribution >= 0.6 is 11.3 Å². The molecule has 0 radical (unpaired) electrons. The largest absolute Gasteiger partial charge is 0.456 e. The standard InChI is InChI=1S/C46H28N2OS/c1-2-11-29(12-3-1)30-23-25-31(26-24-30)32-13-8-14-33(27-32)34-15-9-16-35(28-34)44-43-37-18-5-7-22-41(37)50-46(43)48-45(47-44)38-19-10-21-40-42(38)36-17-4-6-20-39(36)49-40/h1-28H. The number of thiophene rings is 1. The van der Waals surface area contributed by atoms with Crippen molar-refractivity contribution in [1.29, 1.82) is 0 Å². The van der Waals surface area contributed by atoms with Gasteiger partial charge in [0, 0.05) is 37.4 Å². The van der Waals surface area contributed by atoms with Gasteiger partial charge in [0.2, 0.25) is 0 Å². The van der Waals surface area contributed by atoms with Gasteiger partial charge in [-0.3, -0.25) is 0 Å². The Hall–Kier alpha value is -6.36. The predicted octanol–water partition coefficient (Wildman–Crippen LogP) is 13.1. The molecule has 0 aliphatic heterocycles. The number of para-hydroxylation sites is 1. The van der Waals surface area contributed by atoms with Gasteiger partial charge in [-0.05, 0) is 63.7 Å². The zero-order chi connectivity index (χ0) is 33.0. The summed E-state index contributed by atoms with van der Waals surface area (Å²) >= 11 is 1.72. The third kappa shape index (κ3) is 4.80. The Bertz CT molecular complexity index is 2870. The summed E-state index contributed by atoms with van der Waals surface area (Å²) in [5.74, 6) is 0.697. The second-order valence-corrected chi connectivity index (χ2v) is 13.6. The highest BCUT2D eigenvalue weighted by Crippen LogP contribution is 2.42. The van der Waals surface area contributed by atoms with E-state index in [-0.39, 0.29) is 0 Å². The molecule has 10 aromatic rings. The molecule has 3 nitrogen and oxygen atoms in total. The Morgan fingerprint density at radius 1 is 0.400 bits per heavy atom. The first-order valence-electron chi connectivity index (χ1n) is 16.7. The lowest BCUT2D eigenvalue weighted by Gasteiger charge is -2.11. The van der Waals surface area contributed by atoms with Crippen molar-refractivity contribution in [2.45, 2.75) is 0 Å². The monoisotopic (exact) mass is 656 g/mol. The van der Waals surface area contributed by atoms with Gasteiger partial charge in [0.15, 0.2) is 5.82 Å². The van der Waals surface area contributed by atoms with Crippen LogP contribution in [0.1, 0.15) is 0 Å². The van der Waals surface area contributed by atoms with E-state index in [0.717, 1.165) is 60.1 Å².